The molecule has 2 rings (SSSR count). The minimum atomic E-state index is -3.13. The Morgan fingerprint density at radius 1 is 1.12 bits per heavy atom. The van der Waals surface area contributed by atoms with Gasteiger partial charge in [-0.3, -0.25) is 0 Å². The lowest BCUT2D eigenvalue weighted by molar-refractivity contribution is 0.602. The van der Waals surface area contributed by atoms with E-state index in [1.807, 2.05) is 13.8 Å². The molecule has 0 saturated carbocycles. The van der Waals surface area contributed by atoms with Gasteiger partial charge < -0.3 is 4.98 Å². The van der Waals surface area contributed by atoms with Gasteiger partial charge in [-0.05, 0) is 26.0 Å². The van der Waals surface area contributed by atoms with E-state index >= 15 is 0 Å². The Bertz CT molecular complexity index is 640. The summed E-state index contributed by atoms with van der Waals surface area (Å²) in [5.41, 5.74) is 2.76. The number of benzene rings is 1. The summed E-state index contributed by atoms with van der Waals surface area (Å²) in [6, 6.07) is 6.76. The van der Waals surface area contributed by atoms with Crippen LogP contribution < -0.4 is 0 Å². The first-order valence-corrected chi connectivity index (χ1v) is 7.11. The van der Waals surface area contributed by atoms with Crippen LogP contribution >= 0.6 is 0 Å². The zero-order valence-electron chi connectivity index (χ0n) is 9.98. The fourth-order valence-electron chi connectivity index (χ4n) is 1.75. The minimum absolute atomic E-state index is 0.325. The highest BCUT2D eigenvalue weighted by Gasteiger charge is 2.09. The van der Waals surface area contributed by atoms with Crippen molar-refractivity contribution in [1.82, 2.24) is 9.97 Å². The van der Waals surface area contributed by atoms with Gasteiger partial charge in [-0.1, -0.05) is 12.1 Å². The van der Waals surface area contributed by atoms with Crippen molar-refractivity contribution in [3.05, 3.63) is 35.8 Å². The largest absolute Gasteiger partial charge is 0.346 e. The van der Waals surface area contributed by atoms with Crippen LogP contribution in [0.4, 0.5) is 0 Å². The number of nitrogens with zero attached hydrogens (tertiary/aromatic N) is 1. The zero-order chi connectivity index (χ0) is 12.6. The summed E-state index contributed by atoms with van der Waals surface area (Å²) in [4.78, 5) is 7.81. The third-order valence-corrected chi connectivity index (χ3v) is 3.69. The monoisotopic (exact) mass is 250 g/mol. The van der Waals surface area contributed by atoms with E-state index < -0.39 is 9.84 Å². The summed E-state index contributed by atoms with van der Waals surface area (Å²) in [7, 11) is -3.13. The van der Waals surface area contributed by atoms with Crippen LogP contribution in [0.25, 0.3) is 11.3 Å². The first-order valence-electron chi connectivity index (χ1n) is 5.21. The summed E-state index contributed by atoms with van der Waals surface area (Å²) in [6.07, 6.45) is 1.20. The molecular formula is C12H14N2O2S. The molecule has 0 fully saturated rings. The van der Waals surface area contributed by atoms with Crippen molar-refractivity contribution in [3.8, 4) is 11.3 Å². The summed E-state index contributed by atoms with van der Waals surface area (Å²) in [5, 5.41) is 0. The van der Waals surface area contributed by atoms with Gasteiger partial charge in [-0.2, -0.15) is 0 Å². The second kappa shape index (κ2) is 4.00. The zero-order valence-corrected chi connectivity index (χ0v) is 10.8. The number of rotatable bonds is 2. The number of hydrogen-bond acceptors (Lipinski definition) is 3. The summed E-state index contributed by atoms with van der Waals surface area (Å²) < 4.78 is 22.7. The Balaban J connectivity index is 2.46. The fraction of sp³-hybridized carbons (Fsp3) is 0.250. The van der Waals surface area contributed by atoms with Gasteiger partial charge in [0.25, 0.3) is 0 Å². The van der Waals surface area contributed by atoms with Crippen molar-refractivity contribution < 1.29 is 8.42 Å². The van der Waals surface area contributed by atoms with Crippen LogP contribution in [-0.2, 0) is 9.84 Å². The molecule has 1 heterocycles. The van der Waals surface area contributed by atoms with Gasteiger partial charge in [-0.15, -0.1) is 0 Å². The maximum absolute atomic E-state index is 11.3. The summed E-state index contributed by atoms with van der Waals surface area (Å²) in [6.45, 7) is 3.83. The van der Waals surface area contributed by atoms with Crippen LogP contribution in [0.1, 0.15) is 11.5 Å². The topological polar surface area (TPSA) is 62.8 Å². The predicted molar refractivity (Wildman–Crippen MR) is 66.6 cm³/mol. The van der Waals surface area contributed by atoms with Gasteiger partial charge in [-0.25, -0.2) is 13.4 Å². The number of imidazole rings is 1. The van der Waals surface area contributed by atoms with Crippen molar-refractivity contribution in [2.45, 2.75) is 18.7 Å². The van der Waals surface area contributed by atoms with E-state index in [0.29, 0.717) is 4.90 Å². The molecule has 0 amide bonds. The van der Waals surface area contributed by atoms with Crippen LogP contribution in [-0.4, -0.2) is 24.6 Å². The standard InChI is InChI=1S/C12H14N2O2S/c1-8-12(14-9(2)13-8)10-4-6-11(7-5-10)17(3,15)16/h4-7H,1-3H3,(H,13,14). The van der Waals surface area contributed by atoms with Gasteiger partial charge in [0.1, 0.15) is 5.82 Å². The Morgan fingerprint density at radius 3 is 2.12 bits per heavy atom. The molecule has 0 saturated heterocycles. The Morgan fingerprint density at radius 2 is 1.71 bits per heavy atom. The maximum Gasteiger partial charge on any atom is 0.175 e. The SMILES string of the molecule is Cc1nc(-c2ccc(S(C)(=O)=O)cc2)c(C)[nH]1. The molecule has 1 aromatic heterocycles. The Hall–Kier alpha value is -1.62. The van der Waals surface area contributed by atoms with Crippen LogP contribution in [0, 0.1) is 13.8 Å². The molecule has 1 aromatic carbocycles. The van der Waals surface area contributed by atoms with E-state index in [-0.39, 0.29) is 0 Å². The average molecular weight is 250 g/mol. The second-order valence-corrected chi connectivity index (χ2v) is 6.11. The van der Waals surface area contributed by atoms with Crippen molar-refractivity contribution in [2.75, 3.05) is 6.26 Å². The summed E-state index contributed by atoms with van der Waals surface area (Å²) >= 11 is 0. The number of hydrogen-bond donors (Lipinski definition) is 1. The van der Waals surface area contributed by atoms with Gasteiger partial charge >= 0.3 is 0 Å². The van der Waals surface area contributed by atoms with E-state index in [2.05, 4.69) is 9.97 Å². The van der Waals surface area contributed by atoms with Crippen LogP contribution in [0.2, 0.25) is 0 Å². The second-order valence-electron chi connectivity index (χ2n) is 4.09. The van der Waals surface area contributed by atoms with E-state index in [0.717, 1.165) is 22.8 Å². The fourth-order valence-corrected chi connectivity index (χ4v) is 2.38. The van der Waals surface area contributed by atoms with Crippen LogP contribution in [0.15, 0.2) is 29.2 Å². The lowest BCUT2D eigenvalue weighted by atomic mass is 10.1. The Labute approximate surface area is 101 Å². The first-order chi connectivity index (χ1) is 7.88. The third-order valence-electron chi connectivity index (χ3n) is 2.56. The van der Waals surface area contributed by atoms with E-state index in [4.69, 9.17) is 0 Å². The number of aromatic nitrogens is 2. The highest BCUT2D eigenvalue weighted by molar-refractivity contribution is 7.90. The molecule has 17 heavy (non-hydrogen) atoms. The molecular weight excluding hydrogens is 236 g/mol. The van der Waals surface area contributed by atoms with E-state index in [1.165, 1.54) is 6.26 Å². The van der Waals surface area contributed by atoms with Gasteiger partial charge in [0.05, 0.1) is 10.6 Å². The van der Waals surface area contributed by atoms with Crippen LogP contribution in [0.5, 0.6) is 0 Å². The normalized spacial score (nSPS) is 11.7. The molecule has 4 nitrogen and oxygen atoms in total. The molecule has 2 aromatic rings. The van der Waals surface area contributed by atoms with Crippen LogP contribution in [0.3, 0.4) is 0 Å². The molecule has 5 heteroatoms. The van der Waals surface area contributed by atoms with Crippen molar-refractivity contribution >= 4 is 9.84 Å². The molecule has 0 bridgehead atoms. The van der Waals surface area contributed by atoms with Gasteiger partial charge in [0.15, 0.2) is 9.84 Å². The number of nitrogens with one attached hydrogen (secondary N) is 1. The number of aryl methyl sites for hydroxylation is 2. The van der Waals surface area contributed by atoms with E-state index in [9.17, 15) is 8.42 Å². The predicted octanol–water partition coefficient (Wildman–Crippen LogP) is 2.10. The smallest absolute Gasteiger partial charge is 0.175 e. The highest BCUT2D eigenvalue weighted by Crippen LogP contribution is 2.22. The summed E-state index contributed by atoms with van der Waals surface area (Å²) in [5.74, 6) is 0.852. The minimum Gasteiger partial charge on any atom is -0.346 e. The average Bonchev–Trinajstić information content (AvgIpc) is 2.57. The molecule has 1 N–H and O–H groups in total. The molecule has 0 atom stereocenters. The van der Waals surface area contributed by atoms with Crippen molar-refractivity contribution in [2.24, 2.45) is 0 Å². The van der Waals surface area contributed by atoms with Gasteiger partial charge in [0, 0.05) is 17.5 Å². The van der Waals surface area contributed by atoms with E-state index in [1.54, 1.807) is 24.3 Å². The van der Waals surface area contributed by atoms with Gasteiger partial charge in [0.2, 0.25) is 0 Å². The molecule has 0 unspecified atom stereocenters. The third kappa shape index (κ3) is 2.39. The maximum atomic E-state index is 11.3. The highest BCUT2D eigenvalue weighted by atomic mass is 32.2. The molecule has 0 aliphatic heterocycles. The lowest BCUT2D eigenvalue weighted by Crippen LogP contribution is -1.96. The molecule has 90 valence electrons. The molecule has 0 aliphatic carbocycles. The molecule has 0 aliphatic rings. The van der Waals surface area contributed by atoms with Crippen molar-refractivity contribution in [1.29, 1.82) is 0 Å². The number of sulfone groups is 1. The quantitative estimate of drug-likeness (QED) is 0.887. The number of H-pyrrole nitrogens is 1. The number of aromatic amines is 1. The first kappa shape index (κ1) is 11.9. The van der Waals surface area contributed by atoms with Crippen molar-refractivity contribution in [3.63, 3.8) is 0 Å². The lowest BCUT2D eigenvalue weighted by Gasteiger charge is -2.01. The molecule has 0 spiro atoms. The Kier molecular flexibility index (Phi) is 2.79. The molecule has 0 radical (unpaired) electrons.